The topological polar surface area (TPSA) is 75.1 Å². The third-order valence-electron chi connectivity index (χ3n) is 4.63. The molecule has 2 N–H and O–H groups in total. The summed E-state index contributed by atoms with van der Waals surface area (Å²) < 4.78 is 52.6. The molecule has 0 aliphatic rings. The van der Waals surface area contributed by atoms with Crippen LogP contribution in [0.3, 0.4) is 0 Å². The van der Waals surface area contributed by atoms with Gasteiger partial charge in [0.2, 0.25) is 0 Å². The molecule has 0 spiro atoms. The molecular formula is C22H13F4N3O2. The number of carboxylic acid groups (broad SMARTS) is 1. The maximum Gasteiger partial charge on any atom is 0.419 e. The fourth-order valence-electron chi connectivity index (χ4n) is 3.14. The van der Waals surface area contributed by atoms with Gasteiger partial charge in [-0.25, -0.2) is 9.18 Å². The lowest BCUT2D eigenvalue weighted by Gasteiger charge is -2.13. The summed E-state index contributed by atoms with van der Waals surface area (Å²) >= 11 is 0. The number of aromatic carboxylic acids is 1. The Morgan fingerprint density at radius 2 is 1.58 bits per heavy atom. The molecule has 9 heteroatoms. The molecule has 0 saturated carbocycles. The highest BCUT2D eigenvalue weighted by molar-refractivity contribution is 6.01. The maximum absolute atomic E-state index is 13.6. The van der Waals surface area contributed by atoms with Gasteiger partial charge < -0.3 is 10.4 Å². The summed E-state index contributed by atoms with van der Waals surface area (Å²) in [5, 5.41) is 21.3. The Labute approximate surface area is 173 Å². The number of anilines is 2. The van der Waals surface area contributed by atoms with Crippen molar-refractivity contribution in [3.8, 4) is 11.3 Å². The van der Waals surface area contributed by atoms with Crippen molar-refractivity contribution in [2.24, 2.45) is 0 Å². The zero-order chi connectivity index (χ0) is 22.2. The van der Waals surface area contributed by atoms with Gasteiger partial charge in [0.15, 0.2) is 5.82 Å². The molecule has 31 heavy (non-hydrogen) atoms. The number of hydrogen-bond donors (Lipinski definition) is 2. The molecule has 1 heterocycles. The van der Waals surface area contributed by atoms with Crippen LogP contribution in [-0.4, -0.2) is 21.3 Å². The van der Waals surface area contributed by atoms with E-state index in [0.717, 1.165) is 6.07 Å². The van der Waals surface area contributed by atoms with Gasteiger partial charge in [-0.3, -0.25) is 0 Å². The third-order valence-corrected chi connectivity index (χ3v) is 4.63. The highest BCUT2D eigenvalue weighted by Gasteiger charge is 2.34. The van der Waals surface area contributed by atoms with Crippen molar-refractivity contribution in [2.75, 3.05) is 5.32 Å². The lowest BCUT2D eigenvalue weighted by atomic mass is 10.0. The Kier molecular flexibility index (Phi) is 5.02. The number of hydrogen-bond acceptors (Lipinski definition) is 4. The van der Waals surface area contributed by atoms with Crippen molar-refractivity contribution in [1.82, 2.24) is 10.2 Å². The fourth-order valence-corrected chi connectivity index (χ4v) is 3.14. The van der Waals surface area contributed by atoms with Crippen LogP contribution in [0, 0.1) is 5.82 Å². The molecule has 5 nitrogen and oxygen atoms in total. The molecule has 0 saturated heterocycles. The molecule has 0 atom stereocenters. The maximum atomic E-state index is 13.6. The molecule has 0 aliphatic carbocycles. The van der Waals surface area contributed by atoms with Crippen molar-refractivity contribution >= 4 is 28.2 Å². The molecule has 0 fully saturated rings. The van der Waals surface area contributed by atoms with Gasteiger partial charge in [0.1, 0.15) is 11.5 Å². The van der Waals surface area contributed by atoms with Crippen molar-refractivity contribution in [1.29, 1.82) is 0 Å². The number of nitrogens with zero attached hydrogens (tertiary/aromatic N) is 2. The smallest absolute Gasteiger partial charge is 0.419 e. The van der Waals surface area contributed by atoms with Crippen LogP contribution in [0.2, 0.25) is 0 Å². The van der Waals surface area contributed by atoms with Crippen LogP contribution in [0.15, 0.2) is 66.7 Å². The normalized spacial score (nSPS) is 11.5. The standard InChI is InChI=1S/C22H13F4N3O2/c23-18-10-9-14(11-17(18)22(24,25)26)27-20-16-4-2-1-3-15(16)19(28-29-20)12-5-7-13(8-6-12)21(30)31/h1-11H,(H,27,29)(H,30,31). The van der Waals surface area contributed by atoms with E-state index in [-0.39, 0.29) is 17.1 Å². The predicted octanol–water partition coefficient (Wildman–Crippen LogP) is 5.90. The predicted molar refractivity (Wildman–Crippen MR) is 107 cm³/mol. The van der Waals surface area contributed by atoms with Gasteiger partial charge in [0.05, 0.1) is 11.1 Å². The first kappa shape index (κ1) is 20.3. The zero-order valence-corrected chi connectivity index (χ0v) is 15.6. The van der Waals surface area contributed by atoms with Gasteiger partial charge in [0, 0.05) is 22.0 Å². The second kappa shape index (κ2) is 7.67. The van der Waals surface area contributed by atoms with Crippen LogP contribution in [-0.2, 0) is 6.18 Å². The number of nitrogens with one attached hydrogen (secondary N) is 1. The second-order valence-corrected chi connectivity index (χ2v) is 6.64. The van der Waals surface area contributed by atoms with E-state index in [1.165, 1.54) is 18.2 Å². The van der Waals surface area contributed by atoms with E-state index in [1.54, 1.807) is 36.4 Å². The number of rotatable bonds is 4. The van der Waals surface area contributed by atoms with Crippen molar-refractivity contribution in [2.45, 2.75) is 6.18 Å². The molecule has 0 radical (unpaired) electrons. The van der Waals surface area contributed by atoms with Crippen LogP contribution in [0.1, 0.15) is 15.9 Å². The fraction of sp³-hybridized carbons (Fsp3) is 0.0455. The van der Waals surface area contributed by atoms with E-state index in [4.69, 9.17) is 5.11 Å². The average molecular weight is 427 g/mol. The first-order chi connectivity index (χ1) is 14.7. The third kappa shape index (κ3) is 4.02. The molecule has 4 aromatic rings. The molecule has 0 unspecified atom stereocenters. The molecule has 4 rings (SSSR count). The van der Waals surface area contributed by atoms with E-state index in [9.17, 15) is 22.4 Å². The Hall–Kier alpha value is -4.01. The molecule has 0 amide bonds. The number of aromatic nitrogens is 2. The van der Waals surface area contributed by atoms with Gasteiger partial charge in [0.25, 0.3) is 0 Å². The monoisotopic (exact) mass is 427 g/mol. The molecule has 1 aromatic heterocycles. The number of carbonyl (C=O) groups is 1. The minimum absolute atomic E-state index is 0.00624. The minimum Gasteiger partial charge on any atom is -0.478 e. The van der Waals surface area contributed by atoms with E-state index in [2.05, 4.69) is 15.5 Å². The summed E-state index contributed by atoms with van der Waals surface area (Å²) in [6, 6.07) is 15.7. The summed E-state index contributed by atoms with van der Waals surface area (Å²) in [5.41, 5.74) is -0.151. The van der Waals surface area contributed by atoms with Gasteiger partial charge in [-0.1, -0.05) is 36.4 Å². The number of carboxylic acids is 1. The number of alkyl halides is 3. The highest BCUT2D eigenvalue weighted by atomic mass is 19.4. The lowest BCUT2D eigenvalue weighted by Crippen LogP contribution is -2.09. The van der Waals surface area contributed by atoms with E-state index >= 15 is 0 Å². The van der Waals surface area contributed by atoms with Gasteiger partial charge in [-0.2, -0.15) is 13.2 Å². The summed E-state index contributed by atoms with van der Waals surface area (Å²) in [6.07, 6.45) is -4.83. The summed E-state index contributed by atoms with van der Waals surface area (Å²) in [5.74, 6) is -2.23. The summed E-state index contributed by atoms with van der Waals surface area (Å²) in [4.78, 5) is 11.1. The Morgan fingerprint density at radius 1 is 0.903 bits per heavy atom. The van der Waals surface area contributed by atoms with Gasteiger partial charge in [-0.15, -0.1) is 10.2 Å². The van der Waals surface area contributed by atoms with Crippen LogP contribution in [0.5, 0.6) is 0 Å². The first-order valence-electron chi connectivity index (χ1n) is 8.97. The van der Waals surface area contributed by atoms with E-state index < -0.39 is 23.5 Å². The van der Waals surface area contributed by atoms with Crippen LogP contribution in [0.4, 0.5) is 29.1 Å². The average Bonchev–Trinajstić information content (AvgIpc) is 2.74. The lowest BCUT2D eigenvalue weighted by molar-refractivity contribution is -0.139. The highest BCUT2D eigenvalue weighted by Crippen LogP contribution is 2.35. The number of benzene rings is 3. The van der Waals surface area contributed by atoms with E-state index in [1.807, 2.05) is 0 Å². The van der Waals surface area contributed by atoms with Gasteiger partial charge >= 0.3 is 12.1 Å². The van der Waals surface area contributed by atoms with Crippen LogP contribution in [0.25, 0.3) is 22.0 Å². The van der Waals surface area contributed by atoms with Crippen LogP contribution < -0.4 is 5.32 Å². The Morgan fingerprint density at radius 3 is 2.23 bits per heavy atom. The Balaban J connectivity index is 1.76. The summed E-state index contributed by atoms with van der Waals surface area (Å²) in [7, 11) is 0. The van der Waals surface area contributed by atoms with E-state index in [0.29, 0.717) is 28.1 Å². The van der Waals surface area contributed by atoms with Gasteiger partial charge in [-0.05, 0) is 30.3 Å². The second-order valence-electron chi connectivity index (χ2n) is 6.64. The van der Waals surface area contributed by atoms with Crippen LogP contribution >= 0.6 is 0 Å². The Bertz CT molecular complexity index is 1290. The number of halogens is 4. The van der Waals surface area contributed by atoms with Crippen molar-refractivity contribution < 1.29 is 27.5 Å². The largest absolute Gasteiger partial charge is 0.478 e. The quantitative estimate of drug-likeness (QED) is 0.397. The molecule has 0 aliphatic heterocycles. The zero-order valence-electron chi connectivity index (χ0n) is 15.6. The molecule has 3 aromatic carbocycles. The minimum atomic E-state index is -4.83. The number of fused-ring (bicyclic) bond motifs is 1. The van der Waals surface area contributed by atoms with Crippen molar-refractivity contribution in [3.63, 3.8) is 0 Å². The molecule has 156 valence electrons. The molecular weight excluding hydrogens is 414 g/mol. The first-order valence-corrected chi connectivity index (χ1v) is 8.97. The van der Waals surface area contributed by atoms with Crippen molar-refractivity contribution in [3.05, 3.63) is 83.7 Å². The summed E-state index contributed by atoms with van der Waals surface area (Å²) in [6.45, 7) is 0. The SMILES string of the molecule is O=C(O)c1ccc(-c2nnc(Nc3ccc(F)c(C(F)(F)F)c3)c3ccccc23)cc1. The molecule has 0 bridgehead atoms.